The van der Waals surface area contributed by atoms with Gasteiger partial charge in [0, 0.05) is 11.1 Å². The number of hydrogen-bond donors (Lipinski definition) is 2. The van der Waals surface area contributed by atoms with Crippen LogP contribution < -0.4 is 5.73 Å². The van der Waals surface area contributed by atoms with Crippen molar-refractivity contribution in [1.29, 1.82) is 0 Å². The fourth-order valence-corrected chi connectivity index (χ4v) is 3.16. The Labute approximate surface area is 117 Å². The molecule has 0 heterocycles. The molecule has 0 bridgehead atoms. The first kappa shape index (κ1) is 14.4. The van der Waals surface area contributed by atoms with Crippen LogP contribution in [-0.4, -0.2) is 5.11 Å². The summed E-state index contributed by atoms with van der Waals surface area (Å²) < 4.78 is 0. The Hall–Kier alpha value is -1.02. The summed E-state index contributed by atoms with van der Waals surface area (Å²) in [5.74, 6) is 0.363. The molecule has 0 aromatic heterocycles. The van der Waals surface area contributed by atoms with Gasteiger partial charge in [0.1, 0.15) is 5.75 Å². The van der Waals surface area contributed by atoms with Crippen molar-refractivity contribution in [3.8, 4) is 5.75 Å². The van der Waals surface area contributed by atoms with Crippen LogP contribution in [0.1, 0.15) is 64.0 Å². The molecule has 1 aromatic carbocycles. The standard InChI is InChI=1S/C17H27NO/c1-16(2,3)12-13-7-8-15(19)14(11-13)17(18)9-5-4-6-10-17/h7-8,11,19H,4-6,9-10,12,18H2,1-3H3. The molecule has 0 spiro atoms. The average Bonchev–Trinajstić information content (AvgIpc) is 2.31. The summed E-state index contributed by atoms with van der Waals surface area (Å²) in [7, 11) is 0. The fraction of sp³-hybridized carbons (Fsp3) is 0.647. The maximum atomic E-state index is 10.2. The van der Waals surface area contributed by atoms with Gasteiger partial charge >= 0.3 is 0 Å². The van der Waals surface area contributed by atoms with E-state index in [-0.39, 0.29) is 11.0 Å². The summed E-state index contributed by atoms with van der Waals surface area (Å²) in [5.41, 5.74) is 8.71. The van der Waals surface area contributed by atoms with Crippen LogP contribution in [0, 0.1) is 5.41 Å². The van der Waals surface area contributed by atoms with E-state index in [0.717, 1.165) is 24.8 Å². The molecule has 0 radical (unpaired) electrons. The minimum absolute atomic E-state index is 0.253. The highest BCUT2D eigenvalue weighted by atomic mass is 16.3. The number of phenols is 1. The quantitative estimate of drug-likeness (QED) is 0.842. The first-order valence-electron chi connectivity index (χ1n) is 7.41. The van der Waals surface area contributed by atoms with Crippen LogP contribution in [0.3, 0.4) is 0 Å². The van der Waals surface area contributed by atoms with Gasteiger partial charge in [-0.3, -0.25) is 0 Å². The molecule has 19 heavy (non-hydrogen) atoms. The van der Waals surface area contributed by atoms with E-state index in [4.69, 9.17) is 5.73 Å². The Kier molecular flexibility index (Phi) is 3.91. The van der Waals surface area contributed by atoms with Crippen molar-refractivity contribution in [2.45, 2.75) is 64.8 Å². The molecular weight excluding hydrogens is 234 g/mol. The molecule has 1 fully saturated rings. The van der Waals surface area contributed by atoms with E-state index in [0.29, 0.717) is 5.75 Å². The van der Waals surface area contributed by atoms with Gasteiger partial charge in [0.15, 0.2) is 0 Å². The zero-order chi connectivity index (χ0) is 14.1. The van der Waals surface area contributed by atoms with Crippen LogP contribution >= 0.6 is 0 Å². The van der Waals surface area contributed by atoms with Gasteiger partial charge in [-0.05, 0) is 36.3 Å². The van der Waals surface area contributed by atoms with Crippen molar-refractivity contribution >= 4 is 0 Å². The minimum Gasteiger partial charge on any atom is -0.508 e. The molecule has 2 nitrogen and oxygen atoms in total. The lowest BCUT2D eigenvalue weighted by Gasteiger charge is -2.35. The highest BCUT2D eigenvalue weighted by molar-refractivity contribution is 5.41. The van der Waals surface area contributed by atoms with Crippen LogP contribution in [-0.2, 0) is 12.0 Å². The zero-order valence-electron chi connectivity index (χ0n) is 12.5. The Morgan fingerprint density at radius 1 is 1.16 bits per heavy atom. The topological polar surface area (TPSA) is 46.2 Å². The molecule has 3 N–H and O–H groups in total. The van der Waals surface area contributed by atoms with E-state index >= 15 is 0 Å². The number of hydrogen-bond acceptors (Lipinski definition) is 2. The predicted molar refractivity (Wildman–Crippen MR) is 80.2 cm³/mol. The van der Waals surface area contributed by atoms with E-state index < -0.39 is 0 Å². The van der Waals surface area contributed by atoms with Gasteiger partial charge in [0.25, 0.3) is 0 Å². The van der Waals surface area contributed by atoms with E-state index in [2.05, 4.69) is 26.8 Å². The third-order valence-corrected chi connectivity index (χ3v) is 4.08. The van der Waals surface area contributed by atoms with Crippen LogP contribution in [0.4, 0.5) is 0 Å². The van der Waals surface area contributed by atoms with Gasteiger partial charge in [-0.2, -0.15) is 0 Å². The van der Waals surface area contributed by atoms with E-state index in [9.17, 15) is 5.11 Å². The van der Waals surface area contributed by atoms with E-state index in [1.165, 1.54) is 24.8 Å². The summed E-state index contributed by atoms with van der Waals surface area (Å²) in [6, 6.07) is 5.97. The first-order chi connectivity index (χ1) is 8.80. The van der Waals surface area contributed by atoms with Gasteiger partial charge < -0.3 is 10.8 Å². The Bertz CT molecular complexity index is 439. The van der Waals surface area contributed by atoms with Crippen molar-refractivity contribution in [2.75, 3.05) is 0 Å². The van der Waals surface area contributed by atoms with Crippen LogP contribution in [0.15, 0.2) is 18.2 Å². The van der Waals surface area contributed by atoms with Gasteiger partial charge in [-0.1, -0.05) is 52.2 Å². The average molecular weight is 261 g/mol. The predicted octanol–water partition coefficient (Wildman–Crippen LogP) is 4.10. The van der Waals surface area contributed by atoms with Gasteiger partial charge in [-0.15, -0.1) is 0 Å². The summed E-state index contributed by atoms with van der Waals surface area (Å²) in [6.45, 7) is 6.70. The minimum atomic E-state index is -0.323. The second kappa shape index (κ2) is 5.16. The highest BCUT2D eigenvalue weighted by Gasteiger charge is 2.32. The van der Waals surface area contributed by atoms with E-state index in [1.54, 1.807) is 0 Å². The van der Waals surface area contributed by atoms with Crippen molar-refractivity contribution in [2.24, 2.45) is 11.1 Å². The number of phenolic OH excluding ortho intramolecular Hbond substituents is 1. The third-order valence-electron chi connectivity index (χ3n) is 4.08. The largest absolute Gasteiger partial charge is 0.508 e. The molecule has 1 aromatic rings. The van der Waals surface area contributed by atoms with Crippen molar-refractivity contribution < 1.29 is 5.11 Å². The molecule has 2 heteroatoms. The van der Waals surface area contributed by atoms with Crippen molar-refractivity contribution in [3.05, 3.63) is 29.3 Å². The van der Waals surface area contributed by atoms with Gasteiger partial charge in [0.05, 0.1) is 0 Å². The molecule has 0 saturated heterocycles. The van der Waals surface area contributed by atoms with Gasteiger partial charge in [0.2, 0.25) is 0 Å². The number of rotatable bonds is 2. The molecule has 0 amide bonds. The fourth-order valence-electron chi connectivity index (χ4n) is 3.16. The summed E-state index contributed by atoms with van der Waals surface area (Å²) in [4.78, 5) is 0. The number of aromatic hydroxyl groups is 1. The zero-order valence-corrected chi connectivity index (χ0v) is 12.5. The summed E-state index contributed by atoms with van der Waals surface area (Å²) >= 11 is 0. The maximum Gasteiger partial charge on any atom is 0.120 e. The maximum absolute atomic E-state index is 10.2. The molecule has 0 atom stereocenters. The third kappa shape index (κ3) is 3.50. The Morgan fingerprint density at radius 3 is 2.37 bits per heavy atom. The molecule has 0 unspecified atom stereocenters. The molecule has 1 aliphatic rings. The van der Waals surface area contributed by atoms with Gasteiger partial charge in [-0.25, -0.2) is 0 Å². The van der Waals surface area contributed by atoms with E-state index in [1.807, 2.05) is 12.1 Å². The molecule has 1 aliphatic carbocycles. The normalized spacial score (nSPS) is 19.4. The van der Waals surface area contributed by atoms with Crippen LogP contribution in [0.25, 0.3) is 0 Å². The molecule has 2 rings (SSSR count). The first-order valence-corrected chi connectivity index (χ1v) is 7.41. The lowest BCUT2D eigenvalue weighted by molar-refractivity contribution is 0.291. The lowest BCUT2D eigenvalue weighted by atomic mass is 9.76. The molecular formula is C17H27NO. The summed E-state index contributed by atoms with van der Waals surface area (Å²) in [5, 5.41) is 10.2. The lowest BCUT2D eigenvalue weighted by Crippen LogP contribution is -2.38. The molecule has 106 valence electrons. The Balaban J connectivity index is 2.31. The van der Waals surface area contributed by atoms with Crippen LogP contribution in [0.5, 0.6) is 5.75 Å². The second-order valence-corrected chi connectivity index (χ2v) is 7.31. The molecule has 0 aliphatic heterocycles. The highest BCUT2D eigenvalue weighted by Crippen LogP contribution is 2.39. The Morgan fingerprint density at radius 2 is 1.79 bits per heavy atom. The van der Waals surface area contributed by atoms with Crippen molar-refractivity contribution in [1.82, 2.24) is 0 Å². The smallest absolute Gasteiger partial charge is 0.120 e. The number of nitrogens with two attached hydrogens (primary N) is 1. The van der Waals surface area contributed by atoms with Crippen LogP contribution in [0.2, 0.25) is 0 Å². The molecule has 1 saturated carbocycles. The second-order valence-electron chi connectivity index (χ2n) is 7.31. The SMILES string of the molecule is CC(C)(C)Cc1ccc(O)c(C2(N)CCCCC2)c1. The van der Waals surface area contributed by atoms with Crippen molar-refractivity contribution in [3.63, 3.8) is 0 Å². The number of benzene rings is 1. The monoisotopic (exact) mass is 261 g/mol. The summed E-state index contributed by atoms with van der Waals surface area (Å²) in [6.07, 6.45) is 6.58.